The third-order valence-electron chi connectivity index (χ3n) is 5.53. The van der Waals surface area contributed by atoms with Crippen molar-refractivity contribution in [2.45, 2.75) is 38.0 Å². The molecular weight excluding hydrogens is 318 g/mol. The van der Waals surface area contributed by atoms with Crippen molar-refractivity contribution in [3.63, 3.8) is 0 Å². The summed E-state index contributed by atoms with van der Waals surface area (Å²) in [5.74, 6) is -2.67. The minimum Gasteiger partial charge on any atom is -0.481 e. The Bertz CT molecular complexity index is 814. The first kappa shape index (κ1) is 16.1. The number of carboxylic acids is 1. The molecule has 1 N–H and O–H groups in total. The van der Waals surface area contributed by atoms with Crippen LogP contribution in [0.2, 0.25) is 0 Å². The van der Waals surface area contributed by atoms with Crippen LogP contribution in [0.3, 0.4) is 0 Å². The second-order valence-corrected chi connectivity index (χ2v) is 7.36. The Morgan fingerprint density at radius 2 is 2.20 bits per heavy atom. The third-order valence-corrected chi connectivity index (χ3v) is 5.53. The average Bonchev–Trinajstić information content (AvgIpc) is 3.16. The fraction of sp³-hybridized carbons (Fsp3) is 0.400. The monoisotopic (exact) mass is 339 g/mol. The van der Waals surface area contributed by atoms with Gasteiger partial charge < -0.3 is 14.7 Å². The Balaban J connectivity index is 1.85. The summed E-state index contributed by atoms with van der Waals surface area (Å²) < 4.78 is 6.13. The van der Waals surface area contributed by atoms with Gasteiger partial charge in [0.2, 0.25) is 5.91 Å². The first-order valence-electron chi connectivity index (χ1n) is 8.49. The van der Waals surface area contributed by atoms with Gasteiger partial charge in [0.1, 0.15) is 11.5 Å². The standard InChI is InChI=1S/C20H21NO4/c1-11(2)9-15-20-8-7-14(25-20)16(19(23)24)17(20)18(22)21(15)13-6-4-5-12(3)10-13/h4-8,10,14-17H,1,9H2,2-3H3,(H,23,24)/t14-,15+,16+,17+,20-/m1/s1. The molecule has 25 heavy (non-hydrogen) atoms. The van der Waals surface area contributed by atoms with E-state index < -0.39 is 29.5 Å². The Hall–Kier alpha value is -2.40. The SMILES string of the molecule is C=C(C)C[C@@H]1N(c2cccc(C)c2)C(=O)[C@@H]2[C@@H](C(=O)O)[C@H]3C=C[C@]21O3. The van der Waals surface area contributed by atoms with Crippen molar-refractivity contribution < 1.29 is 19.4 Å². The number of rotatable bonds is 4. The number of anilines is 1. The topological polar surface area (TPSA) is 66.8 Å². The van der Waals surface area contributed by atoms with Crippen LogP contribution in [-0.4, -0.2) is 34.7 Å². The van der Waals surface area contributed by atoms with E-state index >= 15 is 0 Å². The molecule has 0 aromatic heterocycles. The molecule has 5 atom stereocenters. The van der Waals surface area contributed by atoms with Crippen LogP contribution in [0.4, 0.5) is 5.69 Å². The van der Waals surface area contributed by atoms with Gasteiger partial charge in [-0.2, -0.15) is 0 Å². The zero-order chi connectivity index (χ0) is 17.9. The van der Waals surface area contributed by atoms with Gasteiger partial charge in [-0.15, -0.1) is 6.58 Å². The van der Waals surface area contributed by atoms with Crippen LogP contribution in [0.5, 0.6) is 0 Å². The van der Waals surface area contributed by atoms with Crippen LogP contribution < -0.4 is 4.90 Å². The van der Waals surface area contributed by atoms with Crippen molar-refractivity contribution in [3.05, 3.63) is 54.1 Å². The lowest BCUT2D eigenvalue weighted by molar-refractivity contribution is -0.146. The summed E-state index contributed by atoms with van der Waals surface area (Å²) in [7, 11) is 0. The van der Waals surface area contributed by atoms with Gasteiger partial charge in [-0.1, -0.05) is 29.9 Å². The molecule has 0 radical (unpaired) electrons. The average molecular weight is 339 g/mol. The van der Waals surface area contributed by atoms with Gasteiger partial charge in [0.05, 0.1) is 18.1 Å². The van der Waals surface area contributed by atoms with Crippen LogP contribution >= 0.6 is 0 Å². The maximum Gasteiger partial charge on any atom is 0.310 e. The molecule has 5 heteroatoms. The van der Waals surface area contributed by atoms with E-state index in [1.54, 1.807) is 11.0 Å². The number of aryl methyl sites for hydroxylation is 1. The zero-order valence-electron chi connectivity index (χ0n) is 14.3. The number of ether oxygens (including phenoxy) is 1. The van der Waals surface area contributed by atoms with Gasteiger partial charge in [0.15, 0.2) is 0 Å². The normalized spacial score (nSPS) is 35.3. The number of nitrogens with zero attached hydrogens (tertiary/aromatic N) is 1. The molecule has 1 aromatic carbocycles. The van der Waals surface area contributed by atoms with Gasteiger partial charge >= 0.3 is 5.97 Å². The highest BCUT2D eigenvalue weighted by atomic mass is 16.5. The number of aliphatic carboxylic acids is 1. The molecule has 3 aliphatic heterocycles. The molecule has 5 nitrogen and oxygen atoms in total. The molecule has 3 aliphatic rings. The number of carbonyl (C=O) groups excluding carboxylic acids is 1. The zero-order valence-corrected chi connectivity index (χ0v) is 14.3. The highest BCUT2D eigenvalue weighted by Crippen LogP contribution is 2.56. The van der Waals surface area contributed by atoms with Gasteiger partial charge in [0.25, 0.3) is 0 Å². The molecule has 4 rings (SSSR count). The van der Waals surface area contributed by atoms with E-state index in [0.29, 0.717) is 6.42 Å². The summed E-state index contributed by atoms with van der Waals surface area (Å²) in [5, 5.41) is 9.66. The minimum absolute atomic E-state index is 0.170. The predicted molar refractivity (Wildman–Crippen MR) is 93.2 cm³/mol. The lowest BCUT2D eigenvalue weighted by Crippen LogP contribution is -2.45. The van der Waals surface area contributed by atoms with Crippen LogP contribution in [0.15, 0.2) is 48.6 Å². The fourth-order valence-electron chi connectivity index (χ4n) is 4.60. The number of amides is 1. The number of carboxylic acid groups (broad SMARTS) is 1. The summed E-state index contributed by atoms with van der Waals surface area (Å²) in [6, 6.07) is 7.44. The van der Waals surface area contributed by atoms with Crippen molar-refractivity contribution in [2.24, 2.45) is 11.8 Å². The summed E-state index contributed by atoms with van der Waals surface area (Å²) in [4.78, 5) is 26.8. The van der Waals surface area contributed by atoms with Crippen LogP contribution in [-0.2, 0) is 14.3 Å². The number of benzene rings is 1. The third kappa shape index (κ3) is 2.12. The molecule has 1 spiro atoms. The van der Waals surface area contributed by atoms with Crippen molar-refractivity contribution in [1.29, 1.82) is 0 Å². The second-order valence-electron chi connectivity index (χ2n) is 7.36. The van der Waals surface area contributed by atoms with Gasteiger partial charge in [-0.3, -0.25) is 9.59 Å². The Morgan fingerprint density at radius 3 is 2.84 bits per heavy atom. The van der Waals surface area contributed by atoms with Crippen LogP contribution in [0.25, 0.3) is 0 Å². The number of carbonyl (C=O) groups is 2. The molecule has 0 saturated carbocycles. The summed E-state index contributed by atoms with van der Waals surface area (Å²) >= 11 is 0. The van der Waals surface area contributed by atoms with E-state index in [9.17, 15) is 14.7 Å². The number of fused-ring (bicyclic) bond motifs is 1. The molecule has 130 valence electrons. The van der Waals surface area contributed by atoms with Crippen molar-refractivity contribution >= 4 is 17.6 Å². The Labute approximate surface area is 146 Å². The van der Waals surface area contributed by atoms with E-state index in [2.05, 4.69) is 6.58 Å². The molecule has 2 fully saturated rings. The van der Waals surface area contributed by atoms with Gasteiger partial charge in [-0.25, -0.2) is 0 Å². The molecule has 0 aliphatic carbocycles. The lowest BCUT2D eigenvalue weighted by Gasteiger charge is -2.33. The maximum absolute atomic E-state index is 13.3. The highest BCUT2D eigenvalue weighted by molar-refractivity contribution is 6.03. The molecule has 2 saturated heterocycles. The van der Waals surface area contributed by atoms with E-state index in [-0.39, 0.29) is 11.9 Å². The maximum atomic E-state index is 13.3. The molecule has 0 unspecified atom stereocenters. The van der Waals surface area contributed by atoms with Crippen molar-refractivity contribution in [2.75, 3.05) is 4.90 Å². The summed E-state index contributed by atoms with van der Waals surface area (Å²) in [5.41, 5.74) is 1.88. The molecule has 3 heterocycles. The van der Waals surface area contributed by atoms with Crippen molar-refractivity contribution in [1.82, 2.24) is 0 Å². The minimum atomic E-state index is -0.977. The van der Waals surface area contributed by atoms with E-state index in [1.165, 1.54) is 0 Å². The molecule has 1 amide bonds. The quantitative estimate of drug-likeness (QED) is 0.857. The molecule has 2 bridgehead atoms. The first-order chi connectivity index (χ1) is 11.8. The number of hydrogen-bond acceptors (Lipinski definition) is 3. The Morgan fingerprint density at radius 1 is 1.44 bits per heavy atom. The van der Waals surface area contributed by atoms with Gasteiger partial charge in [-0.05, 0) is 38.0 Å². The fourth-order valence-corrected chi connectivity index (χ4v) is 4.60. The highest BCUT2D eigenvalue weighted by Gasteiger charge is 2.71. The van der Waals surface area contributed by atoms with E-state index in [4.69, 9.17) is 4.74 Å². The predicted octanol–water partition coefficient (Wildman–Crippen LogP) is 2.70. The van der Waals surface area contributed by atoms with E-state index in [1.807, 2.05) is 44.2 Å². The second kappa shape index (κ2) is 5.30. The molecule has 1 aromatic rings. The summed E-state index contributed by atoms with van der Waals surface area (Å²) in [6.45, 7) is 7.89. The smallest absolute Gasteiger partial charge is 0.310 e. The number of hydrogen-bond donors (Lipinski definition) is 1. The lowest BCUT2D eigenvalue weighted by atomic mass is 9.74. The van der Waals surface area contributed by atoms with Crippen LogP contribution in [0.1, 0.15) is 18.9 Å². The van der Waals surface area contributed by atoms with E-state index in [0.717, 1.165) is 16.8 Å². The first-order valence-corrected chi connectivity index (χ1v) is 8.49. The summed E-state index contributed by atoms with van der Waals surface area (Å²) in [6.07, 6.45) is 3.75. The van der Waals surface area contributed by atoms with Crippen LogP contribution in [0, 0.1) is 18.8 Å². The molecular formula is C20H21NO4. The Kier molecular flexibility index (Phi) is 3.41. The largest absolute Gasteiger partial charge is 0.481 e. The van der Waals surface area contributed by atoms with Crippen molar-refractivity contribution in [3.8, 4) is 0 Å². The van der Waals surface area contributed by atoms with Gasteiger partial charge in [0, 0.05) is 5.69 Å².